The average Bonchev–Trinajstić information content (AvgIpc) is 3.02. The van der Waals surface area contributed by atoms with Gasteiger partial charge in [0.1, 0.15) is 5.75 Å². The third-order valence-corrected chi connectivity index (χ3v) is 5.32. The molecule has 2 aromatic heterocycles. The van der Waals surface area contributed by atoms with E-state index in [0.717, 1.165) is 40.9 Å². The topological polar surface area (TPSA) is 69.1 Å². The van der Waals surface area contributed by atoms with E-state index in [9.17, 15) is 4.79 Å². The lowest BCUT2D eigenvalue weighted by Gasteiger charge is -2.23. The highest BCUT2D eigenvalue weighted by Crippen LogP contribution is 2.33. The van der Waals surface area contributed by atoms with Crippen LogP contribution in [0.4, 0.5) is 0 Å². The van der Waals surface area contributed by atoms with Crippen LogP contribution in [0.2, 0.25) is 0 Å². The Kier molecular flexibility index (Phi) is 4.74. The number of imidazole rings is 1. The van der Waals surface area contributed by atoms with Gasteiger partial charge in [0.2, 0.25) is 0 Å². The predicted octanol–water partition coefficient (Wildman–Crippen LogP) is 3.88. The van der Waals surface area contributed by atoms with Gasteiger partial charge >= 0.3 is 5.69 Å². The monoisotopic (exact) mass is 367 g/mol. The molecule has 0 amide bonds. The molecule has 6 nitrogen and oxygen atoms in total. The number of ether oxygens (including phenoxy) is 2. The standard InChI is InChI=1S/C21H25N3O3/c1-13(2)14-4-5-20(26-3)16(10-14)17-11-19-18(12-22-17)23-21(25)24(19)15-6-8-27-9-7-15/h4-5,10-13,15H,6-9H2,1-3H3,(H,23,25). The summed E-state index contributed by atoms with van der Waals surface area (Å²) in [4.78, 5) is 20.1. The molecule has 0 atom stereocenters. The van der Waals surface area contributed by atoms with Gasteiger partial charge in [-0.15, -0.1) is 0 Å². The van der Waals surface area contributed by atoms with Crippen LogP contribution in [0.5, 0.6) is 5.75 Å². The Morgan fingerprint density at radius 2 is 2.04 bits per heavy atom. The van der Waals surface area contributed by atoms with Crippen molar-refractivity contribution in [3.05, 3.63) is 46.5 Å². The molecular weight excluding hydrogens is 342 g/mol. The van der Waals surface area contributed by atoms with Gasteiger partial charge in [-0.1, -0.05) is 19.9 Å². The van der Waals surface area contributed by atoms with E-state index in [1.165, 1.54) is 5.56 Å². The van der Waals surface area contributed by atoms with Gasteiger partial charge in [0.15, 0.2) is 0 Å². The highest BCUT2D eigenvalue weighted by Gasteiger charge is 2.21. The number of hydrogen-bond donors (Lipinski definition) is 1. The van der Waals surface area contributed by atoms with E-state index in [4.69, 9.17) is 9.47 Å². The minimum Gasteiger partial charge on any atom is -0.496 e. The summed E-state index contributed by atoms with van der Waals surface area (Å²) in [6.45, 7) is 5.70. The molecule has 1 fully saturated rings. The summed E-state index contributed by atoms with van der Waals surface area (Å²) in [6.07, 6.45) is 3.43. The maximum Gasteiger partial charge on any atom is 0.326 e. The highest BCUT2D eigenvalue weighted by atomic mass is 16.5. The number of fused-ring (bicyclic) bond motifs is 1. The maximum absolute atomic E-state index is 12.6. The van der Waals surface area contributed by atoms with Gasteiger partial charge in [-0.05, 0) is 42.5 Å². The highest BCUT2D eigenvalue weighted by molar-refractivity contribution is 5.81. The molecule has 0 bridgehead atoms. The number of nitrogens with zero attached hydrogens (tertiary/aromatic N) is 2. The van der Waals surface area contributed by atoms with Gasteiger partial charge in [-0.25, -0.2) is 4.79 Å². The summed E-state index contributed by atoms with van der Waals surface area (Å²) in [5, 5.41) is 0. The number of benzene rings is 1. The first-order chi connectivity index (χ1) is 13.1. The molecular formula is C21H25N3O3. The molecule has 142 valence electrons. The third kappa shape index (κ3) is 3.25. The molecule has 1 aliphatic heterocycles. The van der Waals surface area contributed by atoms with Crippen molar-refractivity contribution in [2.45, 2.75) is 38.6 Å². The van der Waals surface area contributed by atoms with Crippen molar-refractivity contribution in [3.63, 3.8) is 0 Å². The number of aromatic nitrogens is 3. The summed E-state index contributed by atoms with van der Waals surface area (Å²) < 4.78 is 12.9. The van der Waals surface area contributed by atoms with Crippen molar-refractivity contribution < 1.29 is 9.47 Å². The smallest absolute Gasteiger partial charge is 0.326 e. The lowest BCUT2D eigenvalue weighted by atomic mass is 9.98. The summed E-state index contributed by atoms with van der Waals surface area (Å²) in [7, 11) is 1.67. The van der Waals surface area contributed by atoms with E-state index in [1.54, 1.807) is 13.3 Å². The zero-order chi connectivity index (χ0) is 19.0. The summed E-state index contributed by atoms with van der Waals surface area (Å²) in [6, 6.07) is 8.34. The second-order valence-corrected chi connectivity index (χ2v) is 7.34. The molecule has 27 heavy (non-hydrogen) atoms. The zero-order valence-corrected chi connectivity index (χ0v) is 16.0. The first kappa shape index (κ1) is 17.8. The van der Waals surface area contributed by atoms with Crippen LogP contribution in [0.1, 0.15) is 44.2 Å². The van der Waals surface area contributed by atoms with Crippen LogP contribution < -0.4 is 10.4 Å². The van der Waals surface area contributed by atoms with Gasteiger partial charge < -0.3 is 14.5 Å². The quantitative estimate of drug-likeness (QED) is 0.760. The molecule has 6 heteroatoms. The van der Waals surface area contributed by atoms with Gasteiger partial charge in [0.25, 0.3) is 0 Å². The third-order valence-electron chi connectivity index (χ3n) is 5.32. The SMILES string of the molecule is COc1ccc(C(C)C)cc1-c1cc2c(cn1)[nH]c(=O)n2C1CCOCC1. The van der Waals surface area contributed by atoms with Crippen LogP contribution in [0, 0.1) is 0 Å². The van der Waals surface area contributed by atoms with Crippen LogP contribution in [0.25, 0.3) is 22.3 Å². The number of nitrogens with one attached hydrogen (secondary N) is 1. The molecule has 0 spiro atoms. The Balaban J connectivity index is 1.86. The lowest BCUT2D eigenvalue weighted by molar-refractivity contribution is 0.0698. The summed E-state index contributed by atoms with van der Waals surface area (Å²) in [5.74, 6) is 1.19. The Morgan fingerprint density at radius 3 is 2.74 bits per heavy atom. The largest absolute Gasteiger partial charge is 0.496 e. The molecule has 0 aliphatic carbocycles. The lowest BCUT2D eigenvalue weighted by Crippen LogP contribution is -2.27. The number of hydrogen-bond acceptors (Lipinski definition) is 4. The second kappa shape index (κ2) is 7.19. The van der Waals surface area contributed by atoms with Crippen molar-refractivity contribution in [3.8, 4) is 17.0 Å². The normalized spacial score (nSPS) is 15.6. The molecule has 3 aromatic rings. The van der Waals surface area contributed by atoms with Gasteiger partial charge in [0, 0.05) is 24.8 Å². The molecule has 1 saturated heterocycles. The summed E-state index contributed by atoms with van der Waals surface area (Å²) in [5.41, 5.74) is 4.53. The van der Waals surface area contributed by atoms with E-state index >= 15 is 0 Å². The van der Waals surface area contributed by atoms with E-state index in [-0.39, 0.29) is 11.7 Å². The fraction of sp³-hybridized carbons (Fsp3) is 0.429. The average molecular weight is 367 g/mol. The minimum atomic E-state index is -0.0845. The Labute approximate surface area is 158 Å². The number of rotatable bonds is 4. The van der Waals surface area contributed by atoms with E-state index < -0.39 is 0 Å². The summed E-state index contributed by atoms with van der Waals surface area (Å²) >= 11 is 0. The van der Waals surface area contributed by atoms with Crippen molar-refractivity contribution in [1.29, 1.82) is 0 Å². The maximum atomic E-state index is 12.6. The van der Waals surface area contributed by atoms with Gasteiger partial charge in [0.05, 0.1) is 30.0 Å². The number of aromatic amines is 1. The first-order valence-corrected chi connectivity index (χ1v) is 9.44. The minimum absolute atomic E-state index is 0.0845. The molecule has 1 N–H and O–H groups in total. The molecule has 0 unspecified atom stereocenters. The van der Waals surface area contributed by atoms with Crippen molar-refractivity contribution >= 4 is 11.0 Å². The fourth-order valence-corrected chi connectivity index (χ4v) is 3.76. The molecule has 1 aliphatic rings. The second-order valence-electron chi connectivity index (χ2n) is 7.34. The molecule has 3 heterocycles. The number of H-pyrrole nitrogens is 1. The Bertz CT molecular complexity index is 1010. The van der Waals surface area contributed by atoms with Crippen molar-refractivity contribution in [2.75, 3.05) is 20.3 Å². The van der Waals surface area contributed by atoms with Crippen LogP contribution in [-0.4, -0.2) is 34.9 Å². The number of pyridine rings is 1. The molecule has 0 saturated carbocycles. The zero-order valence-electron chi connectivity index (χ0n) is 16.0. The molecule has 1 aromatic carbocycles. The van der Waals surface area contributed by atoms with Crippen molar-refractivity contribution in [1.82, 2.24) is 14.5 Å². The van der Waals surface area contributed by atoms with Crippen LogP contribution in [0.15, 0.2) is 35.3 Å². The van der Waals surface area contributed by atoms with Crippen LogP contribution in [-0.2, 0) is 4.74 Å². The van der Waals surface area contributed by atoms with E-state index in [1.807, 2.05) is 16.7 Å². The van der Waals surface area contributed by atoms with Crippen molar-refractivity contribution in [2.24, 2.45) is 0 Å². The van der Waals surface area contributed by atoms with Gasteiger partial charge in [-0.2, -0.15) is 0 Å². The molecule has 4 rings (SSSR count). The Hall–Kier alpha value is -2.60. The van der Waals surface area contributed by atoms with E-state index in [0.29, 0.717) is 19.1 Å². The van der Waals surface area contributed by atoms with Crippen LogP contribution >= 0.6 is 0 Å². The first-order valence-electron chi connectivity index (χ1n) is 9.44. The van der Waals surface area contributed by atoms with Crippen LogP contribution in [0.3, 0.4) is 0 Å². The van der Waals surface area contributed by atoms with Gasteiger partial charge in [-0.3, -0.25) is 9.55 Å². The fourth-order valence-electron chi connectivity index (χ4n) is 3.76. The Morgan fingerprint density at radius 1 is 1.26 bits per heavy atom. The predicted molar refractivity (Wildman–Crippen MR) is 106 cm³/mol. The molecule has 0 radical (unpaired) electrons. The van der Waals surface area contributed by atoms with E-state index in [2.05, 4.69) is 35.9 Å². The number of methoxy groups -OCH3 is 1.